The number of allylic oxidation sites excluding steroid dienone is 5. The molecule has 2 nitrogen and oxygen atoms in total. The third-order valence-electron chi connectivity index (χ3n) is 12.6. The van der Waals surface area contributed by atoms with Crippen LogP contribution in [0.1, 0.15) is 64.2 Å². The topological polar surface area (TPSA) is 8.17 Å². The zero-order valence-corrected chi connectivity index (χ0v) is 30.6. The fourth-order valence-electron chi connectivity index (χ4n) is 10.1. The van der Waals surface area contributed by atoms with Crippen LogP contribution in [0.15, 0.2) is 170 Å². The summed E-state index contributed by atoms with van der Waals surface area (Å²) in [5.74, 6) is 0.777. The van der Waals surface area contributed by atoms with Gasteiger partial charge in [-0.15, -0.1) is 0 Å². The van der Waals surface area contributed by atoms with Gasteiger partial charge in [-0.1, -0.05) is 152 Å². The highest BCUT2D eigenvalue weighted by Crippen LogP contribution is 2.57. The number of aromatic nitrogens is 1. The van der Waals surface area contributed by atoms with Gasteiger partial charge in [-0.3, -0.25) is 0 Å². The molecule has 0 radical (unpaired) electrons. The number of fused-ring (bicyclic) bond motifs is 9. The number of rotatable bonds is 5. The van der Waals surface area contributed by atoms with Crippen molar-refractivity contribution in [3.63, 3.8) is 0 Å². The van der Waals surface area contributed by atoms with E-state index in [1.165, 1.54) is 77.7 Å². The molecule has 0 bridgehead atoms. The van der Waals surface area contributed by atoms with Gasteiger partial charge >= 0.3 is 0 Å². The first-order chi connectivity index (χ1) is 26.6. The van der Waals surface area contributed by atoms with Crippen molar-refractivity contribution in [3.05, 3.63) is 209 Å². The molecule has 260 valence electrons. The molecular weight excluding hydrogens is 653 g/mol. The summed E-state index contributed by atoms with van der Waals surface area (Å²) in [6, 6.07) is 52.0. The Kier molecular flexibility index (Phi) is 7.11. The molecule has 6 aromatic carbocycles. The Labute approximate surface area is 317 Å². The fourth-order valence-corrected chi connectivity index (χ4v) is 10.1. The van der Waals surface area contributed by atoms with Crippen LogP contribution in [-0.4, -0.2) is 4.57 Å². The molecule has 0 fully saturated rings. The second-order valence-corrected chi connectivity index (χ2v) is 15.9. The van der Waals surface area contributed by atoms with E-state index < -0.39 is 0 Å². The predicted octanol–water partition coefficient (Wildman–Crippen LogP) is 13.0. The molecule has 0 spiro atoms. The SMILES string of the molecule is CC1(n2c3ccccc3c3cc4c(cc32)N(c2ccccc2)C2c3ccccc3C=CC42)C=Cc2c(CC3C=CC(c4ccccc4)=CC3)cccc2C1. The van der Waals surface area contributed by atoms with Gasteiger partial charge in [-0.2, -0.15) is 0 Å². The molecule has 4 aliphatic rings. The summed E-state index contributed by atoms with van der Waals surface area (Å²) < 4.78 is 2.65. The first kappa shape index (κ1) is 31.4. The van der Waals surface area contributed by atoms with Crippen LogP contribution < -0.4 is 4.90 Å². The van der Waals surface area contributed by atoms with Crippen LogP contribution in [0.5, 0.6) is 0 Å². The molecular formula is C52H42N2. The van der Waals surface area contributed by atoms with Crippen molar-refractivity contribution in [2.75, 3.05) is 4.90 Å². The number of hydrogen-bond acceptors (Lipinski definition) is 1. The summed E-state index contributed by atoms with van der Waals surface area (Å²) >= 11 is 0. The average Bonchev–Trinajstić information content (AvgIpc) is 3.73. The normalized spacial score (nSPS) is 22.2. The number of anilines is 2. The first-order valence-corrected chi connectivity index (χ1v) is 19.6. The number of benzene rings is 6. The predicted molar refractivity (Wildman–Crippen MR) is 227 cm³/mol. The van der Waals surface area contributed by atoms with Gasteiger partial charge < -0.3 is 9.47 Å². The molecule has 0 saturated heterocycles. The third kappa shape index (κ3) is 4.86. The lowest BCUT2D eigenvalue weighted by atomic mass is 9.80. The fraction of sp³-hybridized carbons (Fsp3) is 0.154. The molecule has 1 aromatic heterocycles. The van der Waals surface area contributed by atoms with Gasteiger partial charge in [0.15, 0.2) is 0 Å². The lowest BCUT2D eigenvalue weighted by Gasteiger charge is -2.35. The smallest absolute Gasteiger partial charge is 0.0701 e. The molecule has 54 heavy (non-hydrogen) atoms. The Balaban J connectivity index is 1.00. The molecule has 4 unspecified atom stereocenters. The van der Waals surface area contributed by atoms with Gasteiger partial charge in [0.05, 0.1) is 17.1 Å². The molecule has 2 heteroatoms. The van der Waals surface area contributed by atoms with E-state index in [0.29, 0.717) is 5.92 Å². The molecule has 0 N–H and O–H groups in total. The second-order valence-electron chi connectivity index (χ2n) is 15.9. The molecule has 1 aliphatic heterocycles. The van der Waals surface area contributed by atoms with Crippen molar-refractivity contribution < 1.29 is 0 Å². The van der Waals surface area contributed by atoms with Crippen molar-refractivity contribution >= 4 is 50.9 Å². The number of para-hydroxylation sites is 2. The Morgan fingerprint density at radius 3 is 2.31 bits per heavy atom. The van der Waals surface area contributed by atoms with Gasteiger partial charge in [-0.05, 0) is 107 Å². The second kappa shape index (κ2) is 12.2. The van der Waals surface area contributed by atoms with Gasteiger partial charge in [0.2, 0.25) is 0 Å². The monoisotopic (exact) mass is 694 g/mol. The van der Waals surface area contributed by atoms with Gasteiger partial charge in [-0.25, -0.2) is 0 Å². The van der Waals surface area contributed by atoms with E-state index >= 15 is 0 Å². The van der Waals surface area contributed by atoms with Crippen molar-refractivity contribution in [1.82, 2.24) is 4.57 Å². The van der Waals surface area contributed by atoms with Crippen LogP contribution in [0.2, 0.25) is 0 Å². The maximum Gasteiger partial charge on any atom is 0.0701 e. The summed E-state index contributed by atoms with van der Waals surface area (Å²) in [6.07, 6.45) is 20.0. The molecule has 7 aromatic rings. The van der Waals surface area contributed by atoms with E-state index in [-0.39, 0.29) is 17.5 Å². The summed E-state index contributed by atoms with van der Waals surface area (Å²) in [4.78, 5) is 2.61. The molecule has 3 aliphatic carbocycles. The number of nitrogens with zero attached hydrogens (tertiary/aromatic N) is 2. The van der Waals surface area contributed by atoms with Crippen molar-refractivity contribution in [3.8, 4) is 0 Å². The molecule has 0 amide bonds. The lowest BCUT2D eigenvalue weighted by molar-refractivity contribution is 0.430. The summed E-state index contributed by atoms with van der Waals surface area (Å²) in [7, 11) is 0. The third-order valence-corrected chi connectivity index (χ3v) is 12.6. The maximum atomic E-state index is 2.65. The van der Waals surface area contributed by atoms with Crippen molar-refractivity contribution in [1.29, 1.82) is 0 Å². The number of hydrogen-bond donors (Lipinski definition) is 0. The largest absolute Gasteiger partial charge is 0.333 e. The van der Waals surface area contributed by atoms with E-state index in [9.17, 15) is 0 Å². The van der Waals surface area contributed by atoms with E-state index in [1.54, 1.807) is 0 Å². The van der Waals surface area contributed by atoms with Crippen molar-refractivity contribution in [2.24, 2.45) is 5.92 Å². The summed E-state index contributed by atoms with van der Waals surface area (Å²) in [5, 5.41) is 2.66. The van der Waals surface area contributed by atoms with Crippen LogP contribution in [0, 0.1) is 5.92 Å². The molecule has 11 rings (SSSR count). The van der Waals surface area contributed by atoms with Gasteiger partial charge in [0, 0.05) is 33.6 Å². The molecule has 4 atom stereocenters. The Morgan fingerprint density at radius 1 is 0.667 bits per heavy atom. The van der Waals surface area contributed by atoms with Crippen LogP contribution in [-0.2, 0) is 18.4 Å². The Bertz CT molecular complexity index is 2720. The zero-order valence-electron chi connectivity index (χ0n) is 30.6. The highest BCUT2D eigenvalue weighted by atomic mass is 15.2. The zero-order chi connectivity index (χ0) is 35.8. The van der Waals surface area contributed by atoms with Crippen LogP contribution in [0.25, 0.3) is 39.5 Å². The Morgan fingerprint density at radius 2 is 1.46 bits per heavy atom. The van der Waals surface area contributed by atoms with E-state index in [4.69, 9.17) is 0 Å². The highest BCUT2D eigenvalue weighted by molar-refractivity contribution is 6.10. The van der Waals surface area contributed by atoms with Crippen molar-refractivity contribution in [2.45, 2.75) is 43.7 Å². The first-order valence-electron chi connectivity index (χ1n) is 19.6. The minimum atomic E-state index is -0.241. The van der Waals surface area contributed by atoms with Crippen LogP contribution in [0.3, 0.4) is 0 Å². The van der Waals surface area contributed by atoms with Gasteiger partial charge in [0.1, 0.15) is 0 Å². The minimum absolute atomic E-state index is 0.213. The summed E-state index contributed by atoms with van der Waals surface area (Å²) in [6.45, 7) is 2.44. The Hall–Kier alpha value is -6.12. The average molecular weight is 695 g/mol. The van der Waals surface area contributed by atoms with E-state index in [1.807, 2.05) is 0 Å². The van der Waals surface area contributed by atoms with E-state index in [2.05, 4.69) is 198 Å². The lowest BCUT2D eigenvalue weighted by Crippen LogP contribution is -2.32. The molecule has 0 saturated carbocycles. The van der Waals surface area contributed by atoms with Crippen LogP contribution >= 0.6 is 0 Å². The van der Waals surface area contributed by atoms with Crippen LogP contribution in [0.4, 0.5) is 11.4 Å². The quantitative estimate of drug-likeness (QED) is 0.174. The van der Waals surface area contributed by atoms with Gasteiger partial charge in [0.25, 0.3) is 0 Å². The highest BCUT2D eigenvalue weighted by Gasteiger charge is 2.42. The molecule has 2 heterocycles. The minimum Gasteiger partial charge on any atom is -0.333 e. The maximum absolute atomic E-state index is 2.65. The van der Waals surface area contributed by atoms with E-state index in [0.717, 1.165) is 19.3 Å². The summed E-state index contributed by atoms with van der Waals surface area (Å²) in [5.41, 5.74) is 16.0. The standard InChI is InChI=1S/C52H42N2/c1-52(30-29-42-39(16-12-17-40(42)34-52)31-35-23-25-37(26-24-35)36-13-4-2-5-14-36)54-48-22-11-10-21-44(48)46-32-47-45-28-27-38-15-8-9-20-43(38)51(45)53(49(47)33-50(46)54)41-18-6-3-7-19-41/h2-23,25-30,32-33,35,45,51H,24,31,34H2,1H3.